The molecule has 14 heavy (non-hydrogen) atoms. The first-order valence-electron chi connectivity index (χ1n) is 3.33. The molecule has 0 fully saturated rings. The smallest absolute Gasteiger partial charge is 0.360 e. The fourth-order valence-electron chi connectivity index (χ4n) is 0.711. The van der Waals surface area contributed by atoms with Crippen molar-refractivity contribution in [2.24, 2.45) is 0 Å². The Hall–Kier alpha value is -1.08. The van der Waals surface area contributed by atoms with Crippen molar-refractivity contribution in [2.45, 2.75) is 0 Å². The van der Waals surface area contributed by atoms with E-state index in [1.165, 1.54) is 0 Å². The van der Waals surface area contributed by atoms with E-state index in [1.54, 1.807) is 0 Å². The minimum absolute atomic E-state index is 0.408. The van der Waals surface area contributed by atoms with Crippen LogP contribution >= 0.6 is 0 Å². The number of rotatable bonds is 3. The monoisotopic (exact) mass is 226 g/mol. The standard InChI is InChI=1S/C7H5F3O3S/c1-12-14(11)13-7-5(9)2-4(8)3-6(7)10/h2-3H,1H3. The molecule has 1 rings (SSSR count). The van der Waals surface area contributed by atoms with Gasteiger partial charge in [0.15, 0.2) is 11.6 Å². The van der Waals surface area contributed by atoms with Crippen LogP contribution in [0.5, 0.6) is 5.75 Å². The Kier molecular flexibility index (Phi) is 3.48. The van der Waals surface area contributed by atoms with E-state index in [2.05, 4.69) is 8.37 Å². The lowest BCUT2D eigenvalue weighted by molar-refractivity contribution is 0.365. The molecule has 0 radical (unpaired) electrons. The van der Waals surface area contributed by atoms with Crippen LogP contribution in [0.25, 0.3) is 0 Å². The molecule has 0 amide bonds. The summed E-state index contributed by atoms with van der Waals surface area (Å²) in [6, 6.07) is 0.816. The SMILES string of the molecule is COS(=O)Oc1c(F)cc(F)cc1F. The molecule has 1 unspecified atom stereocenters. The van der Waals surface area contributed by atoms with Gasteiger partial charge in [0.25, 0.3) is 0 Å². The van der Waals surface area contributed by atoms with Crippen LogP contribution in [0.2, 0.25) is 0 Å². The number of hydrogen-bond acceptors (Lipinski definition) is 3. The predicted octanol–water partition coefficient (Wildman–Crippen LogP) is 1.71. The first kappa shape index (κ1) is 11.0. The largest absolute Gasteiger partial charge is 0.374 e. The summed E-state index contributed by atoms with van der Waals surface area (Å²) in [7, 11) is 1.02. The molecule has 0 N–H and O–H groups in total. The molecular weight excluding hydrogens is 221 g/mol. The van der Waals surface area contributed by atoms with Gasteiger partial charge in [-0.2, -0.15) is 4.21 Å². The molecule has 3 nitrogen and oxygen atoms in total. The molecule has 0 aliphatic heterocycles. The summed E-state index contributed by atoms with van der Waals surface area (Å²) in [5.41, 5.74) is 0. The van der Waals surface area contributed by atoms with Gasteiger partial charge in [-0.15, -0.1) is 0 Å². The second-order valence-electron chi connectivity index (χ2n) is 2.15. The van der Waals surface area contributed by atoms with E-state index in [0.29, 0.717) is 12.1 Å². The molecule has 0 aliphatic carbocycles. The minimum atomic E-state index is -2.31. The van der Waals surface area contributed by atoms with Crippen LogP contribution in [0.4, 0.5) is 13.2 Å². The molecule has 0 saturated heterocycles. The van der Waals surface area contributed by atoms with E-state index in [1.807, 2.05) is 0 Å². The minimum Gasteiger partial charge on any atom is -0.374 e. The van der Waals surface area contributed by atoms with Crippen molar-refractivity contribution < 1.29 is 25.7 Å². The molecule has 0 heterocycles. The zero-order valence-corrected chi connectivity index (χ0v) is 7.74. The molecule has 7 heteroatoms. The average Bonchev–Trinajstić information content (AvgIpc) is 2.10. The van der Waals surface area contributed by atoms with Crippen LogP contribution in [0.1, 0.15) is 0 Å². The van der Waals surface area contributed by atoms with Gasteiger partial charge in [0.05, 0.1) is 7.11 Å². The van der Waals surface area contributed by atoms with Gasteiger partial charge in [-0.1, -0.05) is 0 Å². The molecule has 0 spiro atoms. The van der Waals surface area contributed by atoms with Crippen LogP contribution in [0.15, 0.2) is 12.1 Å². The Morgan fingerprint density at radius 3 is 2.14 bits per heavy atom. The van der Waals surface area contributed by atoms with Gasteiger partial charge in [-0.05, 0) is 0 Å². The molecule has 1 aromatic rings. The Labute approximate surface area is 80.3 Å². The third-order valence-corrected chi connectivity index (χ3v) is 1.83. The molecule has 0 aliphatic rings. The molecule has 0 bridgehead atoms. The number of benzene rings is 1. The normalized spacial score (nSPS) is 12.6. The van der Waals surface area contributed by atoms with Crippen molar-refractivity contribution in [3.05, 3.63) is 29.6 Å². The summed E-state index contributed by atoms with van der Waals surface area (Å²) in [6.45, 7) is 0. The maximum Gasteiger partial charge on any atom is 0.360 e. The van der Waals surface area contributed by atoms with Gasteiger partial charge >= 0.3 is 11.4 Å². The zero-order valence-electron chi connectivity index (χ0n) is 6.92. The summed E-state index contributed by atoms with van der Waals surface area (Å²) in [5, 5.41) is 0. The van der Waals surface area contributed by atoms with E-state index in [9.17, 15) is 17.4 Å². The van der Waals surface area contributed by atoms with Gasteiger partial charge in [-0.3, -0.25) is 4.18 Å². The highest BCUT2D eigenvalue weighted by Gasteiger charge is 2.15. The molecule has 0 saturated carbocycles. The highest BCUT2D eigenvalue weighted by atomic mass is 32.2. The maximum absolute atomic E-state index is 12.8. The van der Waals surface area contributed by atoms with Crippen molar-refractivity contribution in [1.29, 1.82) is 0 Å². The molecular formula is C7H5F3O3S. The topological polar surface area (TPSA) is 35.5 Å². The van der Waals surface area contributed by atoms with Crippen molar-refractivity contribution in [2.75, 3.05) is 7.11 Å². The summed E-state index contributed by atoms with van der Waals surface area (Å²) < 4.78 is 57.0. The Bertz CT molecular complexity index is 346. The van der Waals surface area contributed by atoms with Gasteiger partial charge in [0, 0.05) is 12.1 Å². The first-order chi connectivity index (χ1) is 6.54. The van der Waals surface area contributed by atoms with Gasteiger partial charge in [-0.25, -0.2) is 13.2 Å². The highest BCUT2D eigenvalue weighted by molar-refractivity contribution is 7.75. The molecule has 1 aromatic carbocycles. The van der Waals surface area contributed by atoms with Crippen molar-refractivity contribution in [3.8, 4) is 5.75 Å². The number of hydrogen-bond donors (Lipinski definition) is 0. The lowest BCUT2D eigenvalue weighted by Gasteiger charge is -2.04. The number of halogens is 3. The summed E-state index contributed by atoms with van der Waals surface area (Å²) >= 11 is -2.31. The van der Waals surface area contributed by atoms with E-state index < -0.39 is 34.6 Å². The Morgan fingerprint density at radius 1 is 1.21 bits per heavy atom. The summed E-state index contributed by atoms with van der Waals surface area (Å²) in [5.74, 6) is -4.59. The van der Waals surface area contributed by atoms with Crippen LogP contribution in [0, 0.1) is 17.5 Å². The van der Waals surface area contributed by atoms with E-state index in [4.69, 9.17) is 0 Å². The van der Waals surface area contributed by atoms with Crippen molar-refractivity contribution in [3.63, 3.8) is 0 Å². The molecule has 78 valence electrons. The van der Waals surface area contributed by atoms with Crippen molar-refractivity contribution in [1.82, 2.24) is 0 Å². The Balaban J connectivity index is 3.02. The predicted molar refractivity (Wildman–Crippen MR) is 42.1 cm³/mol. The summed E-state index contributed by atoms with van der Waals surface area (Å²) in [4.78, 5) is 0. The van der Waals surface area contributed by atoms with E-state index in [0.717, 1.165) is 7.11 Å². The van der Waals surface area contributed by atoms with Crippen molar-refractivity contribution >= 4 is 11.4 Å². The zero-order chi connectivity index (χ0) is 10.7. The fourth-order valence-corrected chi connectivity index (χ4v) is 1.07. The van der Waals surface area contributed by atoms with E-state index >= 15 is 0 Å². The third kappa shape index (κ3) is 2.46. The second-order valence-corrected chi connectivity index (χ2v) is 3.06. The fraction of sp³-hybridized carbons (Fsp3) is 0.143. The van der Waals surface area contributed by atoms with E-state index in [-0.39, 0.29) is 0 Å². The second kappa shape index (κ2) is 4.43. The van der Waals surface area contributed by atoms with Crippen LogP contribution in [-0.4, -0.2) is 11.3 Å². The lowest BCUT2D eigenvalue weighted by Crippen LogP contribution is -2.05. The van der Waals surface area contributed by atoms with Gasteiger partial charge in [0.1, 0.15) is 5.82 Å². The maximum atomic E-state index is 12.8. The van der Waals surface area contributed by atoms with Gasteiger partial charge in [0.2, 0.25) is 5.75 Å². The van der Waals surface area contributed by atoms with Crippen LogP contribution < -0.4 is 4.18 Å². The molecule has 1 atom stereocenters. The van der Waals surface area contributed by atoms with Crippen LogP contribution in [0.3, 0.4) is 0 Å². The Morgan fingerprint density at radius 2 is 1.71 bits per heavy atom. The third-order valence-electron chi connectivity index (χ3n) is 1.25. The quantitative estimate of drug-likeness (QED) is 0.787. The lowest BCUT2D eigenvalue weighted by atomic mass is 10.3. The average molecular weight is 226 g/mol. The molecule has 0 aromatic heterocycles. The first-order valence-corrected chi connectivity index (χ1v) is 4.33. The van der Waals surface area contributed by atoms with Crippen LogP contribution in [-0.2, 0) is 15.5 Å². The highest BCUT2D eigenvalue weighted by Crippen LogP contribution is 2.23. The summed E-state index contributed by atoms with van der Waals surface area (Å²) in [6.07, 6.45) is 0. The van der Waals surface area contributed by atoms with Gasteiger partial charge < -0.3 is 4.18 Å².